The molecule has 0 bridgehead atoms. The molecule has 0 radical (unpaired) electrons. The number of nitrogens with zero attached hydrogens (tertiary/aromatic N) is 3. The van der Waals surface area contributed by atoms with Gasteiger partial charge in [0.25, 0.3) is 0 Å². The van der Waals surface area contributed by atoms with Crippen LogP contribution in [0.1, 0.15) is 30.2 Å². The van der Waals surface area contributed by atoms with Crippen molar-refractivity contribution in [2.75, 3.05) is 0 Å². The highest BCUT2D eigenvalue weighted by Crippen LogP contribution is 2.22. The van der Waals surface area contributed by atoms with E-state index in [0.717, 1.165) is 6.20 Å². The van der Waals surface area contributed by atoms with Crippen LogP contribution in [0.3, 0.4) is 0 Å². The van der Waals surface area contributed by atoms with E-state index in [1.807, 2.05) is 13.8 Å². The predicted molar refractivity (Wildman–Crippen MR) is 61.2 cm³/mol. The van der Waals surface area contributed by atoms with Crippen LogP contribution in [-0.4, -0.2) is 21.1 Å². The van der Waals surface area contributed by atoms with Gasteiger partial charge in [-0.15, -0.1) is 0 Å². The lowest BCUT2D eigenvalue weighted by Gasteiger charge is -2.03. The van der Waals surface area contributed by atoms with Gasteiger partial charge in [-0.25, -0.2) is 4.39 Å². The summed E-state index contributed by atoms with van der Waals surface area (Å²) in [5, 5.41) is 4.27. The van der Waals surface area contributed by atoms with Gasteiger partial charge >= 0.3 is 0 Å². The van der Waals surface area contributed by atoms with Crippen LogP contribution in [0.5, 0.6) is 0 Å². The van der Waals surface area contributed by atoms with Crippen molar-refractivity contribution in [2.24, 2.45) is 0 Å². The van der Waals surface area contributed by atoms with Crippen molar-refractivity contribution >= 4 is 6.29 Å². The fourth-order valence-electron chi connectivity index (χ4n) is 1.52. The minimum Gasteiger partial charge on any atom is -0.298 e. The third kappa shape index (κ3) is 2.22. The molecule has 0 saturated carbocycles. The fraction of sp³-hybridized carbons (Fsp3) is 0.250. The van der Waals surface area contributed by atoms with Gasteiger partial charge < -0.3 is 0 Å². The molecule has 0 unspecified atom stereocenters. The van der Waals surface area contributed by atoms with Crippen LogP contribution >= 0.6 is 0 Å². The lowest BCUT2D eigenvalue weighted by atomic mass is 10.1. The average Bonchev–Trinajstić information content (AvgIpc) is 2.73. The molecule has 2 heterocycles. The molecule has 0 atom stereocenters. The highest BCUT2D eigenvalue weighted by Gasteiger charge is 2.12. The first-order valence-corrected chi connectivity index (χ1v) is 5.27. The van der Waals surface area contributed by atoms with Gasteiger partial charge in [0.2, 0.25) is 0 Å². The van der Waals surface area contributed by atoms with Gasteiger partial charge in [0.05, 0.1) is 11.8 Å². The van der Waals surface area contributed by atoms with E-state index in [1.54, 1.807) is 10.9 Å². The van der Waals surface area contributed by atoms with Crippen molar-refractivity contribution in [1.29, 1.82) is 0 Å². The number of aldehydes is 1. The van der Waals surface area contributed by atoms with Crippen LogP contribution in [0.2, 0.25) is 0 Å². The van der Waals surface area contributed by atoms with Crippen LogP contribution in [0.25, 0.3) is 11.3 Å². The molecule has 2 aromatic rings. The van der Waals surface area contributed by atoms with E-state index in [1.165, 1.54) is 12.3 Å². The summed E-state index contributed by atoms with van der Waals surface area (Å²) in [4.78, 5) is 14.7. The van der Waals surface area contributed by atoms with E-state index >= 15 is 0 Å². The second-order valence-corrected chi connectivity index (χ2v) is 4.02. The van der Waals surface area contributed by atoms with Gasteiger partial charge in [0, 0.05) is 24.0 Å². The lowest BCUT2D eigenvalue weighted by Crippen LogP contribution is -2.00. The number of carbonyl (C=O) groups excluding carboxylic acids is 1. The Morgan fingerprint density at radius 1 is 1.41 bits per heavy atom. The SMILES string of the molecule is CC(C)n1cc(C=O)c(-c2cncc(F)c2)n1. The maximum atomic E-state index is 13.1. The molecule has 0 fully saturated rings. The van der Waals surface area contributed by atoms with E-state index in [2.05, 4.69) is 10.1 Å². The Labute approximate surface area is 98.1 Å². The summed E-state index contributed by atoms with van der Waals surface area (Å²) in [6.07, 6.45) is 4.97. The van der Waals surface area contributed by atoms with Crippen LogP contribution in [0, 0.1) is 5.82 Å². The normalized spacial score (nSPS) is 10.8. The van der Waals surface area contributed by atoms with Gasteiger partial charge in [-0.1, -0.05) is 0 Å². The zero-order chi connectivity index (χ0) is 12.4. The molecule has 5 heteroatoms. The van der Waals surface area contributed by atoms with Crippen molar-refractivity contribution in [2.45, 2.75) is 19.9 Å². The predicted octanol–water partition coefficient (Wildman–Crippen LogP) is 2.48. The molecule has 17 heavy (non-hydrogen) atoms. The minimum absolute atomic E-state index is 0.143. The molecule has 88 valence electrons. The summed E-state index contributed by atoms with van der Waals surface area (Å²) < 4.78 is 14.7. The molecule has 2 rings (SSSR count). The summed E-state index contributed by atoms with van der Waals surface area (Å²) in [6.45, 7) is 3.91. The molecule has 0 spiro atoms. The molecule has 0 aliphatic carbocycles. The highest BCUT2D eigenvalue weighted by molar-refractivity contribution is 5.85. The van der Waals surface area contributed by atoms with E-state index in [0.29, 0.717) is 23.1 Å². The van der Waals surface area contributed by atoms with Crippen molar-refractivity contribution < 1.29 is 9.18 Å². The molecule has 0 amide bonds. The van der Waals surface area contributed by atoms with Gasteiger partial charge in [0.15, 0.2) is 6.29 Å². The summed E-state index contributed by atoms with van der Waals surface area (Å²) in [6, 6.07) is 1.46. The standard InChI is InChI=1S/C12H12FN3O/c1-8(2)16-6-10(7-17)12(15-16)9-3-11(13)5-14-4-9/h3-8H,1-2H3. The second kappa shape index (κ2) is 4.45. The lowest BCUT2D eigenvalue weighted by molar-refractivity contribution is 0.112. The van der Waals surface area contributed by atoms with E-state index in [9.17, 15) is 9.18 Å². The topological polar surface area (TPSA) is 47.8 Å². The first-order chi connectivity index (χ1) is 8.11. The Hall–Kier alpha value is -2.04. The summed E-state index contributed by atoms with van der Waals surface area (Å²) >= 11 is 0. The smallest absolute Gasteiger partial charge is 0.153 e. The number of halogens is 1. The van der Waals surface area contributed by atoms with Crippen LogP contribution in [-0.2, 0) is 0 Å². The minimum atomic E-state index is -0.446. The van der Waals surface area contributed by atoms with Crippen LogP contribution in [0.15, 0.2) is 24.7 Å². The molecule has 0 aliphatic rings. The van der Waals surface area contributed by atoms with Gasteiger partial charge in [-0.3, -0.25) is 14.5 Å². The van der Waals surface area contributed by atoms with Crippen molar-refractivity contribution in [3.8, 4) is 11.3 Å². The number of carbonyl (C=O) groups is 1. The quantitative estimate of drug-likeness (QED) is 0.765. The number of hydrogen-bond donors (Lipinski definition) is 0. The fourth-order valence-corrected chi connectivity index (χ4v) is 1.52. The first kappa shape index (κ1) is 11.4. The Morgan fingerprint density at radius 3 is 2.76 bits per heavy atom. The summed E-state index contributed by atoms with van der Waals surface area (Å²) in [5.74, 6) is -0.446. The summed E-state index contributed by atoms with van der Waals surface area (Å²) in [5.41, 5.74) is 1.40. The molecule has 4 nitrogen and oxygen atoms in total. The molecule has 0 N–H and O–H groups in total. The zero-order valence-electron chi connectivity index (χ0n) is 9.59. The van der Waals surface area contributed by atoms with Crippen LogP contribution < -0.4 is 0 Å². The largest absolute Gasteiger partial charge is 0.298 e. The van der Waals surface area contributed by atoms with Crippen molar-refractivity contribution in [1.82, 2.24) is 14.8 Å². The Kier molecular flexibility index (Phi) is 2.99. The molecular weight excluding hydrogens is 221 g/mol. The van der Waals surface area contributed by atoms with E-state index in [4.69, 9.17) is 0 Å². The van der Waals surface area contributed by atoms with Gasteiger partial charge in [-0.2, -0.15) is 5.10 Å². The number of pyridine rings is 1. The summed E-state index contributed by atoms with van der Waals surface area (Å²) in [7, 11) is 0. The first-order valence-electron chi connectivity index (χ1n) is 5.27. The molecule has 0 aromatic carbocycles. The zero-order valence-corrected chi connectivity index (χ0v) is 9.59. The van der Waals surface area contributed by atoms with Crippen molar-refractivity contribution in [3.63, 3.8) is 0 Å². The van der Waals surface area contributed by atoms with Crippen LogP contribution in [0.4, 0.5) is 4.39 Å². The van der Waals surface area contributed by atoms with Gasteiger partial charge in [-0.05, 0) is 19.9 Å². The maximum Gasteiger partial charge on any atom is 0.153 e. The van der Waals surface area contributed by atoms with E-state index in [-0.39, 0.29) is 6.04 Å². The number of aromatic nitrogens is 3. The maximum absolute atomic E-state index is 13.1. The number of rotatable bonds is 3. The number of hydrogen-bond acceptors (Lipinski definition) is 3. The third-order valence-electron chi connectivity index (χ3n) is 2.39. The molecule has 2 aromatic heterocycles. The van der Waals surface area contributed by atoms with Crippen molar-refractivity contribution in [3.05, 3.63) is 36.0 Å². The Morgan fingerprint density at radius 2 is 2.18 bits per heavy atom. The Bertz CT molecular complexity index is 548. The second-order valence-electron chi connectivity index (χ2n) is 4.02. The molecule has 0 aliphatic heterocycles. The average molecular weight is 233 g/mol. The molecule has 0 saturated heterocycles. The third-order valence-corrected chi connectivity index (χ3v) is 2.39. The van der Waals surface area contributed by atoms with Gasteiger partial charge in [0.1, 0.15) is 11.5 Å². The molecular formula is C12H12FN3O. The monoisotopic (exact) mass is 233 g/mol. The van der Waals surface area contributed by atoms with E-state index < -0.39 is 5.82 Å². The highest BCUT2D eigenvalue weighted by atomic mass is 19.1. The Balaban J connectivity index is 2.54.